The standard InChI is InChI=1S/C18H38/c1-11-18(9,10)17(8)16(7)15(6)14(5)13(4)12(2)3/h12-17H,11H2,1-10H3. The van der Waals surface area contributed by atoms with Crippen molar-refractivity contribution in [3.8, 4) is 0 Å². The van der Waals surface area contributed by atoms with Crippen LogP contribution in [0.1, 0.15) is 75.7 Å². The molecule has 0 aromatic heterocycles. The lowest BCUT2D eigenvalue weighted by Gasteiger charge is -2.41. The van der Waals surface area contributed by atoms with Gasteiger partial charge in [-0.25, -0.2) is 0 Å². The molecule has 0 N–H and O–H groups in total. The lowest BCUT2D eigenvalue weighted by Crippen LogP contribution is -2.34. The molecular formula is C18H38. The first kappa shape index (κ1) is 18.0. The third-order valence-electron chi connectivity index (χ3n) is 6.47. The second kappa shape index (κ2) is 6.96. The van der Waals surface area contributed by atoms with E-state index in [1.165, 1.54) is 6.42 Å². The van der Waals surface area contributed by atoms with Gasteiger partial charge in [-0.1, -0.05) is 75.7 Å². The lowest BCUT2D eigenvalue weighted by atomic mass is 9.64. The Morgan fingerprint density at radius 1 is 0.667 bits per heavy atom. The highest BCUT2D eigenvalue weighted by Crippen LogP contribution is 2.42. The number of hydrogen-bond donors (Lipinski definition) is 0. The zero-order valence-electron chi connectivity index (χ0n) is 14.7. The minimum absolute atomic E-state index is 0.467. The summed E-state index contributed by atoms with van der Waals surface area (Å²) in [5.74, 6) is 4.83. The molecule has 0 spiro atoms. The minimum Gasteiger partial charge on any atom is -0.0649 e. The topological polar surface area (TPSA) is 0 Å². The Morgan fingerprint density at radius 3 is 1.39 bits per heavy atom. The van der Waals surface area contributed by atoms with Crippen molar-refractivity contribution in [2.75, 3.05) is 0 Å². The maximum atomic E-state index is 2.47. The van der Waals surface area contributed by atoms with Gasteiger partial charge in [0.15, 0.2) is 0 Å². The molecule has 0 nitrogen and oxygen atoms in total. The van der Waals surface area contributed by atoms with Gasteiger partial charge in [-0.2, -0.15) is 0 Å². The van der Waals surface area contributed by atoms with E-state index in [0.717, 1.165) is 35.5 Å². The van der Waals surface area contributed by atoms with Crippen LogP contribution in [-0.4, -0.2) is 0 Å². The average Bonchev–Trinajstić information content (AvgIpc) is 2.33. The van der Waals surface area contributed by atoms with E-state index in [1.54, 1.807) is 0 Å². The van der Waals surface area contributed by atoms with Crippen molar-refractivity contribution in [1.29, 1.82) is 0 Å². The summed E-state index contributed by atoms with van der Waals surface area (Å²) in [6.07, 6.45) is 1.28. The second-order valence-electron chi connectivity index (χ2n) is 7.81. The third kappa shape index (κ3) is 4.28. The molecule has 110 valence electrons. The van der Waals surface area contributed by atoms with Gasteiger partial charge in [-0.05, 0) is 40.9 Å². The maximum Gasteiger partial charge on any atom is -0.0329 e. The van der Waals surface area contributed by atoms with Crippen molar-refractivity contribution in [2.24, 2.45) is 40.9 Å². The van der Waals surface area contributed by atoms with E-state index in [1.807, 2.05) is 0 Å². The Bertz CT molecular complexity index is 226. The van der Waals surface area contributed by atoms with Gasteiger partial charge in [0, 0.05) is 0 Å². The molecule has 0 heteroatoms. The summed E-state index contributed by atoms with van der Waals surface area (Å²) < 4.78 is 0. The van der Waals surface area contributed by atoms with E-state index in [0.29, 0.717) is 5.41 Å². The first-order valence-electron chi connectivity index (χ1n) is 8.06. The summed E-state index contributed by atoms with van der Waals surface area (Å²) in [5, 5.41) is 0. The van der Waals surface area contributed by atoms with Gasteiger partial charge < -0.3 is 0 Å². The molecule has 5 atom stereocenters. The molecule has 0 rings (SSSR count). The molecule has 18 heavy (non-hydrogen) atoms. The first-order chi connectivity index (χ1) is 8.06. The highest BCUT2D eigenvalue weighted by atomic mass is 14.4. The van der Waals surface area contributed by atoms with Gasteiger partial charge in [0.1, 0.15) is 0 Å². The quantitative estimate of drug-likeness (QED) is 0.503. The van der Waals surface area contributed by atoms with Gasteiger partial charge in [0.05, 0.1) is 0 Å². The summed E-state index contributed by atoms with van der Waals surface area (Å²) in [6.45, 7) is 24.2. The third-order valence-corrected chi connectivity index (χ3v) is 6.47. The van der Waals surface area contributed by atoms with Crippen molar-refractivity contribution in [1.82, 2.24) is 0 Å². The van der Waals surface area contributed by atoms with Crippen molar-refractivity contribution >= 4 is 0 Å². The molecule has 0 heterocycles. The van der Waals surface area contributed by atoms with E-state index >= 15 is 0 Å². The molecule has 5 unspecified atom stereocenters. The molecule has 0 aromatic carbocycles. The van der Waals surface area contributed by atoms with E-state index in [2.05, 4.69) is 69.2 Å². The van der Waals surface area contributed by atoms with Gasteiger partial charge >= 0.3 is 0 Å². The monoisotopic (exact) mass is 254 g/mol. The van der Waals surface area contributed by atoms with Crippen LogP contribution in [0.15, 0.2) is 0 Å². The van der Waals surface area contributed by atoms with Gasteiger partial charge in [0.25, 0.3) is 0 Å². The van der Waals surface area contributed by atoms with E-state index < -0.39 is 0 Å². The molecule has 0 saturated heterocycles. The highest BCUT2D eigenvalue weighted by molar-refractivity contribution is 4.83. The molecule has 0 aliphatic carbocycles. The SMILES string of the molecule is CCC(C)(C)C(C)C(C)C(C)C(C)C(C)C(C)C. The Labute approximate surface area is 117 Å². The van der Waals surface area contributed by atoms with Crippen molar-refractivity contribution < 1.29 is 0 Å². The summed E-state index contributed by atoms with van der Waals surface area (Å²) in [4.78, 5) is 0. The van der Waals surface area contributed by atoms with E-state index in [4.69, 9.17) is 0 Å². The normalized spacial score (nSPS) is 21.5. The van der Waals surface area contributed by atoms with Crippen molar-refractivity contribution in [3.05, 3.63) is 0 Å². The zero-order chi connectivity index (χ0) is 14.7. The van der Waals surface area contributed by atoms with Gasteiger partial charge in [-0.3, -0.25) is 0 Å². The first-order valence-corrected chi connectivity index (χ1v) is 8.06. The maximum absolute atomic E-state index is 2.47. The van der Waals surface area contributed by atoms with Crippen LogP contribution in [0, 0.1) is 40.9 Å². The Morgan fingerprint density at radius 2 is 1.06 bits per heavy atom. The van der Waals surface area contributed by atoms with Crippen LogP contribution in [0.3, 0.4) is 0 Å². The van der Waals surface area contributed by atoms with Crippen LogP contribution >= 0.6 is 0 Å². The second-order valence-corrected chi connectivity index (χ2v) is 7.81. The van der Waals surface area contributed by atoms with Gasteiger partial charge in [0.2, 0.25) is 0 Å². The molecule has 0 aliphatic rings. The Kier molecular flexibility index (Phi) is 6.96. The Hall–Kier alpha value is 0. The molecule has 0 fully saturated rings. The molecule has 0 aromatic rings. The summed E-state index contributed by atoms with van der Waals surface area (Å²) in [7, 11) is 0. The molecule has 0 saturated carbocycles. The van der Waals surface area contributed by atoms with E-state index in [9.17, 15) is 0 Å². The molecule has 0 aliphatic heterocycles. The fourth-order valence-corrected chi connectivity index (χ4v) is 3.05. The molecule has 0 radical (unpaired) electrons. The Balaban J connectivity index is 4.73. The highest BCUT2D eigenvalue weighted by Gasteiger charge is 2.34. The smallest absolute Gasteiger partial charge is 0.0329 e. The van der Waals surface area contributed by atoms with Crippen LogP contribution in [0.4, 0.5) is 0 Å². The average molecular weight is 255 g/mol. The van der Waals surface area contributed by atoms with Crippen LogP contribution in [0.2, 0.25) is 0 Å². The lowest BCUT2D eigenvalue weighted by molar-refractivity contribution is 0.0788. The summed E-state index contributed by atoms with van der Waals surface area (Å²) in [6, 6.07) is 0. The predicted molar refractivity (Wildman–Crippen MR) is 84.7 cm³/mol. The van der Waals surface area contributed by atoms with Crippen molar-refractivity contribution in [3.63, 3.8) is 0 Å². The van der Waals surface area contributed by atoms with Crippen molar-refractivity contribution in [2.45, 2.75) is 75.7 Å². The number of hydrogen-bond acceptors (Lipinski definition) is 0. The van der Waals surface area contributed by atoms with Crippen LogP contribution in [-0.2, 0) is 0 Å². The summed E-state index contributed by atoms with van der Waals surface area (Å²) >= 11 is 0. The summed E-state index contributed by atoms with van der Waals surface area (Å²) in [5.41, 5.74) is 0.467. The fourth-order valence-electron chi connectivity index (χ4n) is 3.05. The molecule has 0 amide bonds. The molecule has 0 bridgehead atoms. The largest absolute Gasteiger partial charge is 0.0649 e. The van der Waals surface area contributed by atoms with Crippen LogP contribution in [0.25, 0.3) is 0 Å². The van der Waals surface area contributed by atoms with Crippen LogP contribution < -0.4 is 0 Å². The zero-order valence-corrected chi connectivity index (χ0v) is 14.7. The fraction of sp³-hybridized carbons (Fsp3) is 1.00. The van der Waals surface area contributed by atoms with Gasteiger partial charge in [-0.15, -0.1) is 0 Å². The predicted octanol–water partition coefficient (Wildman–Crippen LogP) is 6.26. The number of rotatable bonds is 7. The van der Waals surface area contributed by atoms with E-state index in [-0.39, 0.29) is 0 Å². The molecular weight excluding hydrogens is 216 g/mol. The van der Waals surface area contributed by atoms with Crippen LogP contribution in [0.5, 0.6) is 0 Å². The minimum atomic E-state index is 0.467.